The minimum absolute atomic E-state index is 0.161. The Bertz CT molecular complexity index is 600. The second-order valence-corrected chi connectivity index (χ2v) is 5.32. The molecule has 108 valence electrons. The first kappa shape index (κ1) is 14.8. The minimum Gasteiger partial charge on any atom is -0.363 e. The smallest absolute Gasteiger partial charge is 0.134 e. The molecule has 2 heterocycles. The van der Waals surface area contributed by atoms with E-state index in [-0.39, 0.29) is 6.04 Å². The third-order valence-corrected chi connectivity index (χ3v) is 3.64. The van der Waals surface area contributed by atoms with Gasteiger partial charge in [0.2, 0.25) is 0 Å². The van der Waals surface area contributed by atoms with Crippen molar-refractivity contribution in [2.75, 3.05) is 5.32 Å². The molecular weight excluding hydrogens is 274 g/mol. The summed E-state index contributed by atoms with van der Waals surface area (Å²) in [6.07, 6.45) is 0.939. The van der Waals surface area contributed by atoms with Crippen LogP contribution in [0.15, 0.2) is 6.07 Å². The third kappa shape index (κ3) is 2.93. The van der Waals surface area contributed by atoms with Crippen molar-refractivity contribution in [1.82, 2.24) is 19.7 Å². The second-order valence-electron chi connectivity index (χ2n) is 4.94. The van der Waals surface area contributed by atoms with E-state index in [2.05, 4.69) is 34.2 Å². The number of rotatable bonds is 4. The molecule has 1 unspecified atom stereocenters. The van der Waals surface area contributed by atoms with E-state index < -0.39 is 0 Å². The summed E-state index contributed by atoms with van der Waals surface area (Å²) in [6, 6.07) is 1.91. The molecule has 0 aromatic carbocycles. The summed E-state index contributed by atoms with van der Waals surface area (Å²) < 4.78 is 1.91. The Balaban J connectivity index is 2.33. The number of hydrogen-bond donors (Lipinski definition) is 1. The van der Waals surface area contributed by atoms with E-state index in [0.29, 0.717) is 11.0 Å². The largest absolute Gasteiger partial charge is 0.363 e. The van der Waals surface area contributed by atoms with Crippen molar-refractivity contribution in [3.63, 3.8) is 0 Å². The van der Waals surface area contributed by atoms with Crippen molar-refractivity contribution in [3.8, 4) is 0 Å². The molecule has 0 saturated heterocycles. The van der Waals surface area contributed by atoms with Crippen LogP contribution in [-0.4, -0.2) is 19.7 Å². The summed E-state index contributed by atoms with van der Waals surface area (Å²) in [5.74, 6) is 1.41. The number of halogens is 1. The van der Waals surface area contributed by atoms with E-state index in [1.54, 1.807) is 6.07 Å². The average molecular weight is 294 g/mol. The van der Waals surface area contributed by atoms with Gasteiger partial charge in [-0.3, -0.25) is 4.68 Å². The molecule has 0 aliphatic carbocycles. The minimum atomic E-state index is 0.161. The maximum Gasteiger partial charge on any atom is 0.134 e. The van der Waals surface area contributed by atoms with Crippen LogP contribution < -0.4 is 5.32 Å². The Hall–Kier alpha value is -1.62. The lowest BCUT2D eigenvalue weighted by Crippen LogP contribution is -2.13. The maximum absolute atomic E-state index is 5.98. The van der Waals surface area contributed by atoms with E-state index >= 15 is 0 Å². The van der Waals surface area contributed by atoms with E-state index in [1.807, 2.05) is 25.6 Å². The number of aromatic nitrogens is 4. The number of nitrogens with zero attached hydrogens (tertiary/aromatic N) is 4. The highest BCUT2D eigenvalue weighted by molar-refractivity contribution is 6.29. The fourth-order valence-corrected chi connectivity index (χ4v) is 2.68. The highest BCUT2D eigenvalue weighted by Crippen LogP contribution is 2.27. The van der Waals surface area contributed by atoms with Gasteiger partial charge in [-0.15, -0.1) is 0 Å². The Morgan fingerprint density at radius 2 is 2.00 bits per heavy atom. The van der Waals surface area contributed by atoms with Crippen molar-refractivity contribution in [2.24, 2.45) is 7.05 Å². The predicted molar refractivity (Wildman–Crippen MR) is 81.1 cm³/mol. The topological polar surface area (TPSA) is 55.6 Å². The molecule has 0 aliphatic rings. The molecule has 0 bridgehead atoms. The highest BCUT2D eigenvalue weighted by atomic mass is 35.5. The van der Waals surface area contributed by atoms with Gasteiger partial charge in [-0.25, -0.2) is 9.97 Å². The van der Waals surface area contributed by atoms with Gasteiger partial charge in [0.15, 0.2) is 0 Å². The molecule has 0 saturated carbocycles. The highest BCUT2D eigenvalue weighted by Gasteiger charge is 2.19. The molecule has 0 amide bonds. The molecule has 0 fully saturated rings. The fraction of sp³-hybridized carbons (Fsp3) is 0.500. The van der Waals surface area contributed by atoms with Gasteiger partial charge in [0, 0.05) is 24.4 Å². The fourth-order valence-electron chi connectivity index (χ4n) is 2.46. The van der Waals surface area contributed by atoms with Crippen molar-refractivity contribution >= 4 is 17.4 Å². The number of nitrogens with one attached hydrogen (secondary N) is 1. The number of hydrogen-bond acceptors (Lipinski definition) is 4. The van der Waals surface area contributed by atoms with Crippen molar-refractivity contribution in [3.05, 3.63) is 34.0 Å². The monoisotopic (exact) mass is 293 g/mol. The van der Waals surface area contributed by atoms with Gasteiger partial charge in [-0.1, -0.05) is 18.5 Å². The van der Waals surface area contributed by atoms with E-state index in [1.165, 1.54) is 11.3 Å². The number of aryl methyl sites for hydroxylation is 3. The van der Waals surface area contributed by atoms with E-state index in [0.717, 1.165) is 17.9 Å². The molecule has 2 aromatic rings. The molecular formula is C14H20ClN5. The quantitative estimate of drug-likeness (QED) is 0.878. The van der Waals surface area contributed by atoms with E-state index in [4.69, 9.17) is 11.6 Å². The average Bonchev–Trinajstić information content (AvgIpc) is 2.60. The van der Waals surface area contributed by atoms with Crippen molar-refractivity contribution < 1.29 is 0 Å². The summed E-state index contributed by atoms with van der Waals surface area (Å²) in [7, 11) is 1.96. The van der Waals surface area contributed by atoms with Crippen LogP contribution in [0.1, 0.15) is 42.2 Å². The lowest BCUT2D eigenvalue weighted by atomic mass is 10.0. The van der Waals surface area contributed by atoms with Crippen molar-refractivity contribution in [2.45, 2.75) is 40.2 Å². The van der Waals surface area contributed by atoms with Crippen LogP contribution in [0.5, 0.6) is 0 Å². The third-order valence-electron chi connectivity index (χ3n) is 3.45. The Labute approximate surface area is 124 Å². The van der Waals surface area contributed by atoms with Gasteiger partial charge in [0.25, 0.3) is 0 Å². The molecule has 2 rings (SSSR count). The molecule has 0 radical (unpaired) electrons. The summed E-state index contributed by atoms with van der Waals surface area (Å²) in [4.78, 5) is 8.46. The first-order valence-electron chi connectivity index (χ1n) is 6.70. The SMILES string of the molecule is CCC(Nc1cc(Cl)nc(C)n1)c1c(C)nn(C)c1C. The zero-order valence-electron chi connectivity index (χ0n) is 12.5. The van der Waals surface area contributed by atoms with Gasteiger partial charge < -0.3 is 5.32 Å². The van der Waals surface area contributed by atoms with Crippen LogP contribution in [0.2, 0.25) is 5.15 Å². The van der Waals surface area contributed by atoms with E-state index in [9.17, 15) is 0 Å². The maximum atomic E-state index is 5.98. The van der Waals surface area contributed by atoms with Gasteiger partial charge in [0.05, 0.1) is 11.7 Å². The van der Waals surface area contributed by atoms with Crippen LogP contribution in [0.4, 0.5) is 5.82 Å². The molecule has 2 aromatic heterocycles. The predicted octanol–water partition coefficient (Wildman–Crippen LogP) is 3.35. The molecule has 6 heteroatoms. The Morgan fingerprint density at radius 3 is 2.50 bits per heavy atom. The van der Waals surface area contributed by atoms with Gasteiger partial charge in [-0.05, 0) is 27.2 Å². The van der Waals surface area contributed by atoms with Crippen LogP contribution in [0.3, 0.4) is 0 Å². The lowest BCUT2D eigenvalue weighted by Gasteiger charge is -2.18. The van der Waals surface area contributed by atoms with Gasteiger partial charge in [0.1, 0.15) is 16.8 Å². The summed E-state index contributed by atoms with van der Waals surface area (Å²) >= 11 is 5.98. The van der Waals surface area contributed by atoms with Crippen LogP contribution >= 0.6 is 11.6 Å². The normalized spacial score (nSPS) is 12.5. The summed E-state index contributed by atoms with van der Waals surface area (Å²) in [6.45, 7) is 8.08. The molecule has 0 aliphatic heterocycles. The van der Waals surface area contributed by atoms with Crippen molar-refractivity contribution in [1.29, 1.82) is 0 Å². The molecule has 20 heavy (non-hydrogen) atoms. The summed E-state index contributed by atoms with van der Waals surface area (Å²) in [5, 5.41) is 8.36. The molecule has 1 atom stereocenters. The van der Waals surface area contributed by atoms with Crippen LogP contribution in [0.25, 0.3) is 0 Å². The lowest BCUT2D eigenvalue weighted by molar-refractivity contribution is 0.713. The van der Waals surface area contributed by atoms with Gasteiger partial charge in [-0.2, -0.15) is 5.10 Å². The van der Waals surface area contributed by atoms with Crippen LogP contribution in [0, 0.1) is 20.8 Å². The second kappa shape index (κ2) is 5.79. The first-order valence-corrected chi connectivity index (χ1v) is 7.08. The molecule has 1 N–H and O–H groups in total. The summed E-state index contributed by atoms with van der Waals surface area (Å²) in [5.41, 5.74) is 3.43. The Morgan fingerprint density at radius 1 is 1.30 bits per heavy atom. The first-order chi connectivity index (χ1) is 9.42. The van der Waals surface area contributed by atoms with Crippen LogP contribution in [-0.2, 0) is 7.05 Å². The molecule has 5 nitrogen and oxygen atoms in total. The zero-order chi connectivity index (χ0) is 14.9. The molecule has 0 spiro atoms. The standard InChI is InChI=1S/C14H20ClN5/c1-6-11(14-8(2)19-20(5)9(14)3)18-13-7-12(15)16-10(4)17-13/h7,11H,6H2,1-5H3,(H,16,17,18). The Kier molecular flexibility index (Phi) is 4.28. The zero-order valence-corrected chi connectivity index (χ0v) is 13.3. The number of anilines is 1. The van der Waals surface area contributed by atoms with Gasteiger partial charge >= 0.3 is 0 Å².